The number of hydrogen-bond donors (Lipinski definition) is 2. The molecular weight excluding hydrogens is 270 g/mol. The van der Waals surface area contributed by atoms with Crippen LogP contribution in [0, 0.1) is 18.3 Å². The third-order valence-electron chi connectivity index (χ3n) is 1.93. The first-order valence-electron chi connectivity index (χ1n) is 4.77. The number of aryl methyl sites for hydroxylation is 1. The molecule has 0 aliphatic carbocycles. The molecule has 0 bridgehead atoms. The number of halogens is 1. The molecule has 16 heavy (non-hydrogen) atoms. The summed E-state index contributed by atoms with van der Waals surface area (Å²) in [6, 6.07) is 7.67. The number of carbonyl (C=O) groups is 1. The highest BCUT2D eigenvalue weighted by Gasteiger charge is 2.02. The quantitative estimate of drug-likeness (QED) is 0.828. The lowest BCUT2D eigenvalue weighted by Crippen LogP contribution is -2.30. The van der Waals surface area contributed by atoms with Crippen molar-refractivity contribution in [1.29, 1.82) is 5.26 Å². The van der Waals surface area contributed by atoms with E-state index in [1.807, 2.05) is 31.2 Å². The molecule has 84 valence electrons. The lowest BCUT2D eigenvalue weighted by molar-refractivity contribution is -0.119. The molecule has 0 aromatic heterocycles. The van der Waals surface area contributed by atoms with Crippen molar-refractivity contribution in [3.8, 4) is 6.07 Å². The molecule has 0 fully saturated rings. The van der Waals surface area contributed by atoms with E-state index in [0.29, 0.717) is 0 Å². The molecule has 1 aromatic rings. The van der Waals surface area contributed by atoms with Crippen LogP contribution in [0.3, 0.4) is 0 Å². The van der Waals surface area contributed by atoms with Gasteiger partial charge in [-0.15, -0.1) is 0 Å². The molecule has 5 heteroatoms. The highest BCUT2D eigenvalue weighted by atomic mass is 79.9. The van der Waals surface area contributed by atoms with Gasteiger partial charge >= 0.3 is 0 Å². The molecule has 1 aromatic carbocycles. The maximum Gasteiger partial charge on any atom is 0.240 e. The number of rotatable bonds is 4. The van der Waals surface area contributed by atoms with Crippen LogP contribution < -0.4 is 10.6 Å². The molecule has 0 aliphatic rings. The molecule has 1 amide bonds. The number of nitrogens with zero attached hydrogens (tertiary/aromatic N) is 1. The standard InChI is InChI=1S/C11H12BrN3O/c1-8-2-3-10(9(12)6-8)15-7-11(16)14-5-4-13/h2-3,6,15H,5,7H2,1H3,(H,14,16). The summed E-state index contributed by atoms with van der Waals surface area (Å²) in [7, 11) is 0. The minimum absolute atomic E-state index is 0.0373. The van der Waals surface area contributed by atoms with Crippen LogP contribution in [0.1, 0.15) is 5.56 Å². The first kappa shape index (κ1) is 12.5. The molecule has 0 atom stereocenters. The molecule has 1 rings (SSSR count). The molecule has 2 N–H and O–H groups in total. The van der Waals surface area contributed by atoms with Crippen molar-refractivity contribution in [3.05, 3.63) is 28.2 Å². The summed E-state index contributed by atoms with van der Waals surface area (Å²) in [5.41, 5.74) is 2.00. The van der Waals surface area contributed by atoms with E-state index in [1.54, 1.807) is 0 Å². The van der Waals surface area contributed by atoms with Crippen LogP contribution in [0.25, 0.3) is 0 Å². The van der Waals surface area contributed by atoms with Gasteiger partial charge in [-0.25, -0.2) is 0 Å². The number of benzene rings is 1. The molecule has 0 heterocycles. The number of amides is 1. The Bertz CT molecular complexity index is 426. The van der Waals surface area contributed by atoms with E-state index < -0.39 is 0 Å². The van der Waals surface area contributed by atoms with Crippen LogP contribution in [0.4, 0.5) is 5.69 Å². The predicted octanol–water partition coefficient (Wildman–Crippen LogP) is 1.81. The maximum atomic E-state index is 11.2. The van der Waals surface area contributed by atoms with Gasteiger partial charge < -0.3 is 10.6 Å². The molecule has 4 nitrogen and oxygen atoms in total. The van der Waals surface area contributed by atoms with Crippen molar-refractivity contribution < 1.29 is 4.79 Å². The number of anilines is 1. The van der Waals surface area contributed by atoms with Gasteiger partial charge in [0, 0.05) is 10.2 Å². The van der Waals surface area contributed by atoms with Gasteiger partial charge in [0.05, 0.1) is 12.6 Å². The molecule has 0 radical (unpaired) electrons. The third kappa shape index (κ3) is 3.91. The predicted molar refractivity (Wildman–Crippen MR) is 66.0 cm³/mol. The normalized spacial score (nSPS) is 9.31. The van der Waals surface area contributed by atoms with E-state index in [0.717, 1.165) is 15.7 Å². The Morgan fingerprint density at radius 1 is 1.56 bits per heavy atom. The summed E-state index contributed by atoms with van der Waals surface area (Å²) >= 11 is 3.40. The van der Waals surface area contributed by atoms with Crippen LogP contribution in [-0.2, 0) is 4.79 Å². The number of nitriles is 1. The van der Waals surface area contributed by atoms with Crippen molar-refractivity contribution in [3.63, 3.8) is 0 Å². The van der Waals surface area contributed by atoms with Crippen molar-refractivity contribution in [2.45, 2.75) is 6.92 Å². The Morgan fingerprint density at radius 2 is 2.31 bits per heavy atom. The van der Waals surface area contributed by atoms with E-state index in [-0.39, 0.29) is 19.0 Å². The van der Waals surface area contributed by atoms with Crippen LogP contribution in [-0.4, -0.2) is 19.0 Å². The number of nitrogens with one attached hydrogen (secondary N) is 2. The summed E-state index contributed by atoms with van der Waals surface area (Å²) in [6.07, 6.45) is 0. The second-order valence-electron chi connectivity index (χ2n) is 3.27. The Morgan fingerprint density at radius 3 is 2.94 bits per heavy atom. The largest absolute Gasteiger partial charge is 0.375 e. The Labute approximate surface area is 103 Å². The summed E-state index contributed by atoms with van der Waals surface area (Å²) in [5.74, 6) is -0.200. The smallest absolute Gasteiger partial charge is 0.240 e. The van der Waals surface area contributed by atoms with Gasteiger partial charge in [0.25, 0.3) is 0 Å². The first-order chi connectivity index (χ1) is 7.63. The summed E-state index contributed by atoms with van der Waals surface area (Å²) in [6.45, 7) is 2.19. The Hall–Kier alpha value is -1.54. The van der Waals surface area contributed by atoms with Gasteiger partial charge in [-0.3, -0.25) is 4.79 Å². The fourth-order valence-electron chi connectivity index (χ4n) is 1.14. The zero-order valence-electron chi connectivity index (χ0n) is 8.88. The minimum atomic E-state index is -0.200. The van der Waals surface area contributed by atoms with Crippen molar-refractivity contribution in [2.24, 2.45) is 0 Å². The van der Waals surface area contributed by atoms with E-state index in [2.05, 4.69) is 26.6 Å². The maximum absolute atomic E-state index is 11.2. The van der Waals surface area contributed by atoms with Crippen LogP contribution in [0.15, 0.2) is 22.7 Å². The third-order valence-corrected chi connectivity index (χ3v) is 2.58. The van der Waals surface area contributed by atoms with E-state index in [4.69, 9.17) is 5.26 Å². The van der Waals surface area contributed by atoms with Crippen molar-refractivity contribution in [1.82, 2.24) is 5.32 Å². The molecule has 0 aliphatic heterocycles. The zero-order valence-corrected chi connectivity index (χ0v) is 10.5. The second kappa shape index (κ2) is 6.13. The molecule has 0 saturated carbocycles. The fourth-order valence-corrected chi connectivity index (χ4v) is 1.77. The topological polar surface area (TPSA) is 64.9 Å². The van der Waals surface area contributed by atoms with Crippen molar-refractivity contribution in [2.75, 3.05) is 18.4 Å². The molecule has 0 unspecified atom stereocenters. The van der Waals surface area contributed by atoms with Crippen LogP contribution >= 0.6 is 15.9 Å². The fraction of sp³-hybridized carbons (Fsp3) is 0.273. The van der Waals surface area contributed by atoms with Gasteiger partial charge in [-0.2, -0.15) is 5.26 Å². The summed E-state index contributed by atoms with van der Waals surface area (Å²) < 4.78 is 0.917. The summed E-state index contributed by atoms with van der Waals surface area (Å²) in [4.78, 5) is 11.2. The number of carbonyl (C=O) groups excluding carboxylic acids is 1. The zero-order chi connectivity index (χ0) is 12.0. The Balaban J connectivity index is 2.49. The minimum Gasteiger partial charge on any atom is -0.375 e. The molecule has 0 spiro atoms. The highest BCUT2D eigenvalue weighted by molar-refractivity contribution is 9.10. The average molecular weight is 282 g/mol. The average Bonchev–Trinajstić information content (AvgIpc) is 2.25. The monoisotopic (exact) mass is 281 g/mol. The van der Waals surface area contributed by atoms with Gasteiger partial charge in [-0.1, -0.05) is 6.07 Å². The second-order valence-corrected chi connectivity index (χ2v) is 4.13. The van der Waals surface area contributed by atoms with E-state index in [9.17, 15) is 4.79 Å². The van der Waals surface area contributed by atoms with Gasteiger partial charge in [0.2, 0.25) is 5.91 Å². The highest BCUT2D eigenvalue weighted by Crippen LogP contribution is 2.22. The molecular formula is C11H12BrN3O. The van der Waals surface area contributed by atoms with Crippen LogP contribution in [0.2, 0.25) is 0 Å². The first-order valence-corrected chi connectivity index (χ1v) is 5.56. The summed E-state index contributed by atoms with van der Waals surface area (Å²) in [5, 5.41) is 13.7. The SMILES string of the molecule is Cc1ccc(NCC(=O)NCC#N)c(Br)c1. The van der Waals surface area contributed by atoms with Gasteiger partial charge in [0.15, 0.2) is 0 Å². The molecule has 0 saturated heterocycles. The number of hydrogen-bond acceptors (Lipinski definition) is 3. The van der Waals surface area contributed by atoms with Crippen LogP contribution in [0.5, 0.6) is 0 Å². The lowest BCUT2D eigenvalue weighted by Gasteiger charge is -2.08. The van der Waals surface area contributed by atoms with Gasteiger partial charge in [0.1, 0.15) is 6.54 Å². The van der Waals surface area contributed by atoms with E-state index in [1.165, 1.54) is 0 Å². The van der Waals surface area contributed by atoms with Gasteiger partial charge in [-0.05, 0) is 40.5 Å². The van der Waals surface area contributed by atoms with E-state index >= 15 is 0 Å². The lowest BCUT2D eigenvalue weighted by atomic mass is 10.2. The Kier molecular flexibility index (Phi) is 4.80. The van der Waals surface area contributed by atoms with Crippen molar-refractivity contribution >= 4 is 27.5 Å².